The van der Waals surface area contributed by atoms with Gasteiger partial charge in [-0.05, 0) is 29.8 Å². The third-order valence-corrected chi connectivity index (χ3v) is 4.21. The SMILES string of the molecule is COc1cccc(C(CC(=O)Nc2nccs2)n2cccc2)c1. The summed E-state index contributed by atoms with van der Waals surface area (Å²) in [5.41, 5.74) is 1.02. The van der Waals surface area contributed by atoms with Crippen molar-refractivity contribution in [3.8, 4) is 5.75 Å². The van der Waals surface area contributed by atoms with Gasteiger partial charge in [0.1, 0.15) is 5.75 Å². The molecular weight excluding hydrogens is 310 g/mol. The highest BCUT2D eigenvalue weighted by molar-refractivity contribution is 7.13. The van der Waals surface area contributed by atoms with Crippen LogP contribution in [0.25, 0.3) is 0 Å². The lowest BCUT2D eigenvalue weighted by atomic mass is 10.0. The van der Waals surface area contributed by atoms with Crippen LogP contribution in [-0.2, 0) is 4.79 Å². The van der Waals surface area contributed by atoms with E-state index in [1.807, 2.05) is 58.7 Å². The Kier molecular flexibility index (Phi) is 4.73. The number of nitrogens with one attached hydrogen (secondary N) is 1. The predicted octanol–water partition coefficient (Wildman–Crippen LogP) is 3.57. The van der Waals surface area contributed by atoms with Crippen LogP contribution in [-0.4, -0.2) is 22.6 Å². The van der Waals surface area contributed by atoms with Crippen LogP contribution in [0.3, 0.4) is 0 Å². The number of anilines is 1. The highest BCUT2D eigenvalue weighted by atomic mass is 32.1. The molecule has 23 heavy (non-hydrogen) atoms. The Morgan fingerprint density at radius 3 is 2.87 bits per heavy atom. The van der Waals surface area contributed by atoms with Crippen LogP contribution >= 0.6 is 11.3 Å². The van der Waals surface area contributed by atoms with Crippen molar-refractivity contribution < 1.29 is 9.53 Å². The first kappa shape index (κ1) is 15.3. The quantitative estimate of drug-likeness (QED) is 0.753. The molecule has 6 heteroatoms. The van der Waals surface area contributed by atoms with Gasteiger partial charge in [0.25, 0.3) is 0 Å². The van der Waals surface area contributed by atoms with E-state index in [1.165, 1.54) is 11.3 Å². The van der Waals surface area contributed by atoms with Gasteiger partial charge < -0.3 is 14.6 Å². The lowest BCUT2D eigenvalue weighted by Gasteiger charge is -2.19. The summed E-state index contributed by atoms with van der Waals surface area (Å²) in [5.74, 6) is 0.710. The number of ether oxygens (including phenoxy) is 1. The Labute approximate surface area is 138 Å². The van der Waals surface area contributed by atoms with Gasteiger partial charge in [-0.25, -0.2) is 4.98 Å². The second-order valence-corrected chi connectivity index (χ2v) is 5.91. The average molecular weight is 327 g/mol. The first-order valence-corrected chi connectivity index (χ1v) is 8.10. The topological polar surface area (TPSA) is 56.1 Å². The fourth-order valence-electron chi connectivity index (χ4n) is 2.43. The van der Waals surface area contributed by atoms with Crippen molar-refractivity contribution in [2.75, 3.05) is 12.4 Å². The van der Waals surface area contributed by atoms with Gasteiger partial charge in [-0.15, -0.1) is 11.3 Å². The second-order valence-electron chi connectivity index (χ2n) is 5.01. The molecule has 0 aliphatic rings. The number of hydrogen-bond acceptors (Lipinski definition) is 4. The number of methoxy groups -OCH3 is 1. The number of rotatable bonds is 6. The highest BCUT2D eigenvalue weighted by Crippen LogP contribution is 2.26. The Morgan fingerprint density at radius 2 is 2.17 bits per heavy atom. The van der Waals surface area contributed by atoms with Crippen molar-refractivity contribution in [2.45, 2.75) is 12.5 Å². The third kappa shape index (κ3) is 3.78. The number of nitrogens with zero attached hydrogens (tertiary/aromatic N) is 2. The number of carbonyl (C=O) groups is 1. The molecule has 3 aromatic rings. The predicted molar refractivity (Wildman–Crippen MR) is 90.9 cm³/mol. The molecule has 2 heterocycles. The van der Waals surface area contributed by atoms with E-state index in [-0.39, 0.29) is 11.9 Å². The fraction of sp³-hybridized carbons (Fsp3) is 0.176. The number of benzene rings is 1. The van der Waals surface area contributed by atoms with E-state index in [1.54, 1.807) is 13.3 Å². The van der Waals surface area contributed by atoms with Crippen molar-refractivity contribution in [1.29, 1.82) is 0 Å². The first-order valence-electron chi connectivity index (χ1n) is 7.22. The molecule has 0 aliphatic carbocycles. The van der Waals surface area contributed by atoms with Crippen molar-refractivity contribution in [1.82, 2.24) is 9.55 Å². The van der Waals surface area contributed by atoms with Crippen LogP contribution in [0.1, 0.15) is 18.0 Å². The summed E-state index contributed by atoms with van der Waals surface area (Å²) >= 11 is 1.41. The van der Waals surface area contributed by atoms with Crippen LogP contribution in [0.4, 0.5) is 5.13 Å². The zero-order chi connectivity index (χ0) is 16.1. The zero-order valence-electron chi connectivity index (χ0n) is 12.7. The smallest absolute Gasteiger partial charge is 0.228 e. The van der Waals surface area contributed by atoms with Crippen molar-refractivity contribution in [3.05, 3.63) is 65.9 Å². The van der Waals surface area contributed by atoms with Crippen LogP contribution in [0.15, 0.2) is 60.4 Å². The summed E-state index contributed by atoms with van der Waals surface area (Å²) < 4.78 is 7.32. The minimum Gasteiger partial charge on any atom is -0.497 e. The van der Waals surface area contributed by atoms with Crippen LogP contribution in [0.5, 0.6) is 5.75 Å². The maximum absolute atomic E-state index is 12.4. The number of amides is 1. The largest absolute Gasteiger partial charge is 0.497 e. The summed E-state index contributed by atoms with van der Waals surface area (Å²) in [4.78, 5) is 16.4. The van der Waals surface area contributed by atoms with Crippen molar-refractivity contribution in [3.63, 3.8) is 0 Å². The number of hydrogen-bond donors (Lipinski definition) is 1. The van der Waals surface area contributed by atoms with Gasteiger partial charge in [-0.3, -0.25) is 4.79 Å². The molecule has 0 radical (unpaired) electrons. The maximum Gasteiger partial charge on any atom is 0.228 e. The fourth-order valence-corrected chi connectivity index (χ4v) is 2.98. The van der Waals surface area contributed by atoms with Crippen LogP contribution in [0, 0.1) is 0 Å². The molecule has 1 atom stereocenters. The zero-order valence-corrected chi connectivity index (χ0v) is 13.5. The highest BCUT2D eigenvalue weighted by Gasteiger charge is 2.18. The van der Waals surface area contributed by atoms with E-state index in [0.29, 0.717) is 11.6 Å². The second kappa shape index (κ2) is 7.11. The molecule has 118 valence electrons. The number of carbonyl (C=O) groups excluding carboxylic acids is 1. The van der Waals surface area contributed by atoms with E-state index in [4.69, 9.17) is 4.74 Å². The minimum absolute atomic E-state index is 0.0681. The molecule has 0 spiro atoms. The molecule has 0 bridgehead atoms. The van der Waals surface area contributed by atoms with E-state index in [9.17, 15) is 4.79 Å². The number of aromatic nitrogens is 2. The van der Waals surface area contributed by atoms with Crippen molar-refractivity contribution in [2.24, 2.45) is 0 Å². The average Bonchev–Trinajstić information content (AvgIpc) is 3.26. The minimum atomic E-state index is -0.0972. The Morgan fingerprint density at radius 1 is 1.35 bits per heavy atom. The first-order chi connectivity index (χ1) is 11.3. The third-order valence-electron chi connectivity index (χ3n) is 3.52. The van der Waals surface area contributed by atoms with E-state index < -0.39 is 0 Å². The normalized spacial score (nSPS) is 11.9. The van der Waals surface area contributed by atoms with Gasteiger partial charge in [0.2, 0.25) is 5.91 Å². The molecule has 1 amide bonds. The van der Waals surface area contributed by atoms with Gasteiger partial charge in [-0.1, -0.05) is 12.1 Å². The van der Waals surface area contributed by atoms with Gasteiger partial charge in [-0.2, -0.15) is 0 Å². The summed E-state index contributed by atoms with van der Waals surface area (Å²) in [6, 6.07) is 11.6. The Hall–Kier alpha value is -2.60. The molecule has 0 saturated carbocycles. The van der Waals surface area contributed by atoms with Gasteiger partial charge >= 0.3 is 0 Å². The lowest BCUT2D eigenvalue weighted by Crippen LogP contribution is -2.19. The lowest BCUT2D eigenvalue weighted by molar-refractivity contribution is -0.116. The molecule has 1 aromatic carbocycles. The van der Waals surface area contributed by atoms with Gasteiger partial charge in [0, 0.05) is 24.0 Å². The molecule has 0 saturated heterocycles. The standard InChI is InChI=1S/C17H17N3O2S/c1-22-14-6-4-5-13(11-14)15(20-8-2-3-9-20)12-16(21)19-17-18-7-10-23-17/h2-11,15H,12H2,1H3,(H,18,19,21). The molecule has 0 fully saturated rings. The summed E-state index contributed by atoms with van der Waals surface area (Å²) in [5, 5.41) is 5.29. The molecule has 0 aliphatic heterocycles. The summed E-state index contributed by atoms with van der Waals surface area (Å²) in [6.45, 7) is 0. The Balaban J connectivity index is 1.82. The summed E-state index contributed by atoms with van der Waals surface area (Å²) in [6.07, 6.45) is 5.91. The molecule has 1 N–H and O–H groups in total. The molecular formula is C17H17N3O2S. The number of thiazole rings is 1. The molecule has 2 aromatic heterocycles. The van der Waals surface area contributed by atoms with E-state index in [2.05, 4.69) is 10.3 Å². The van der Waals surface area contributed by atoms with E-state index in [0.717, 1.165) is 11.3 Å². The van der Waals surface area contributed by atoms with Crippen LogP contribution < -0.4 is 10.1 Å². The van der Waals surface area contributed by atoms with Gasteiger partial charge in [0.05, 0.1) is 19.6 Å². The van der Waals surface area contributed by atoms with Crippen LogP contribution in [0.2, 0.25) is 0 Å². The van der Waals surface area contributed by atoms with Crippen molar-refractivity contribution >= 4 is 22.4 Å². The van der Waals surface area contributed by atoms with Gasteiger partial charge in [0.15, 0.2) is 5.13 Å². The monoisotopic (exact) mass is 327 g/mol. The maximum atomic E-state index is 12.4. The molecule has 3 rings (SSSR count). The Bertz CT molecular complexity index is 754. The summed E-state index contributed by atoms with van der Waals surface area (Å²) in [7, 11) is 1.64. The molecule has 5 nitrogen and oxygen atoms in total. The molecule has 1 unspecified atom stereocenters. The van der Waals surface area contributed by atoms with E-state index >= 15 is 0 Å².